The Morgan fingerprint density at radius 2 is 1.81 bits per heavy atom. The first kappa shape index (κ1) is 12.9. The monoisotopic (exact) mass is 288 g/mol. The van der Waals surface area contributed by atoms with Gasteiger partial charge in [-0.1, -0.05) is 29.3 Å². The predicted molar refractivity (Wildman–Crippen MR) is 72.0 cm³/mol. The van der Waals surface area contributed by atoms with Gasteiger partial charge < -0.3 is 4.74 Å². The van der Waals surface area contributed by atoms with Crippen LogP contribution in [-0.2, 0) is 4.74 Å². The van der Waals surface area contributed by atoms with Gasteiger partial charge in [0.15, 0.2) is 0 Å². The third-order valence-electron chi connectivity index (χ3n) is 4.33. The zero-order valence-electron chi connectivity index (χ0n) is 10.5. The number of hydrogen-bond acceptors (Lipinski definition) is 1. The van der Waals surface area contributed by atoms with Gasteiger partial charge in [-0.3, -0.25) is 0 Å². The predicted octanol–water partition coefficient (Wildman–Crippen LogP) is 4.54. The van der Waals surface area contributed by atoms with Gasteiger partial charge in [-0.15, -0.1) is 0 Å². The van der Waals surface area contributed by atoms with Gasteiger partial charge >= 0.3 is 0 Å². The standard InChI is InChI=1S/C14H25BrO/c1-2-3-11-4-9-14(16-10-11)12-5-7-13(15)8-6-12/h11-14H,2-10H2,1H3. The molecule has 0 aromatic carbocycles. The summed E-state index contributed by atoms with van der Waals surface area (Å²) >= 11 is 3.73. The van der Waals surface area contributed by atoms with E-state index in [9.17, 15) is 0 Å². The zero-order valence-corrected chi connectivity index (χ0v) is 12.0. The van der Waals surface area contributed by atoms with Crippen molar-refractivity contribution < 1.29 is 4.74 Å². The van der Waals surface area contributed by atoms with Crippen LogP contribution in [0.25, 0.3) is 0 Å². The SMILES string of the molecule is CCCC1CCC(C2CCC(Br)CC2)OC1. The first-order chi connectivity index (χ1) is 7.79. The molecule has 1 aliphatic carbocycles. The molecule has 1 nitrogen and oxygen atoms in total. The highest BCUT2D eigenvalue weighted by Crippen LogP contribution is 2.36. The van der Waals surface area contributed by atoms with Gasteiger partial charge in [0.2, 0.25) is 0 Å². The minimum atomic E-state index is 0.591. The van der Waals surface area contributed by atoms with Crippen LogP contribution in [0.2, 0.25) is 0 Å². The Bertz CT molecular complexity index is 191. The van der Waals surface area contributed by atoms with Crippen LogP contribution in [0.3, 0.4) is 0 Å². The Hall–Kier alpha value is 0.440. The van der Waals surface area contributed by atoms with Crippen LogP contribution >= 0.6 is 15.9 Å². The molecule has 0 spiro atoms. The summed E-state index contributed by atoms with van der Waals surface area (Å²) in [4.78, 5) is 0.778. The largest absolute Gasteiger partial charge is 0.378 e. The van der Waals surface area contributed by atoms with Crippen LogP contribution in [0.4, 0.5) is 0 Å². The van der Waals surface area contributed by atoms with Crippen molar-refractivity contribution in [2.24, 2.45) is 11.8 Å². The molecule has 0 aromatic heterocycles. The van der Waals surface area contributed by atoms with Crippen LogP contribution in [-0.4, -0.2) is 17.5 Å². The van der Waals surface area contributed by atoms with Crippen LogP contribution in [0, 0.1) is 11.8 Å². The van der Waals surface area contributed by atoms with Crippen molar-refractivity contribution in [3.63, 3.8) is 0 Å². The molecule has 16 heavy (non-hydrogen) atoms. The van der Waals surface area contributed by atoms with Crippen molar-refractivity contribution >= 4 is 15.9 Å². The Labute approximate surface area is 108 Å². The van der Waals surface area contributed by atoms with Crippen molar-refractivity contribution in [1.29, 1.82) is 0 Å². The molecule has 2 heteroatoms. The summed E-state index contributed by atoms with van der Waals surface area (Å²) in [6.45, 7) is 3.32. The van der Waals surface area contributed by atoms with Crippen molar-refractivity contribution in [3.05, 3.63) is 0 Å². The summed E-state index contributed by atoms with van der Waals surface area (Å²) in [7, 11) is 0. The van der Waals surface area contributed by atoms with E-state index in [-0.39, 0.29) is 0 Å². The van der Waals surface area contributed by atoms with E-state index < -0.39 is 0 Å². The number of alkyl halides is 1. The fourth-order valence-corrected chi connectivity index (χ4v) is 3.81. The second-order valence-electron chi connectivity index (χ2n) is 5.62. The average molecular weight is 289 g/mol. The molecular weight excluding hydrogens is 264 g/mol. The minimum Gasteiger partial charge on any atom is -0.378 e. The van der Waals surface area contributed by atoms with Crippen molar-refractivity contribution in [2.45, 2.75) is 69.2 Å². The molecule has 1 aliphatic heterocycles. The van der Waals surface area contributed by atoms with Gasteiger partial charge in [-0.2, -0.15) is 0 Å². The van der Waals surface area contributed by atoms with E-state index in [0.29, 0.717) is 6.10 Å². The van der Waals surface area contributed by atoms with Crippen molar-refractivity contribution in [1.82, 2.24) is 0 Å². The fourth-order valence-electron chi connectivity index (χ4n) is 3.28. The molecule has 2 unspecified atom stereocenters. The summed E-state index contributed by atoms with van der Waals surface area (Å²) in [5, 5.41) is 0. The molecule has 0 N–H and O–H groups in total. The first-order valence-electron chi connectivity index (χ1n) is 7.05. The maximum absolute atomic E-state index is 6.10. The van der Waals surface area contributed by atoms with Gasteiger partial charge in [-0.05, 0) is 56.8 Å². The van der Waals surface area contributed by atoms with Crippen molar-refractivity contribution in [3.8, 4) is 0 Å². The van der Waals surface area contributed by atoms with Gasteiger partial charge in [0.25, 0.3) is 0 Å². The maximum atomic E-state index is 6.10. The van der Waals surface area contributed by atoms with Gasteiger partial charge in [0, 0.05) is 11.4 Å². The zero-order chi connectivity index (χ0) is 11.4. The lowest BCUT2D eigenvalue weighted by Gasteiger charge is -2.36. The van der Waals surface area contributed by atoms with Crippen LogP contribution in [0.1, 0.15) is 58.3 Å². The van der Waals surface area contributed by atoms with E-state index in [0.717, 1.165) is 23.3 Å². The Morgan fingerprint density at radius 1 is 1.06 bits per heavy atom. The Morgan fingerprint density at radius 3 is 2.38 bits per heavy atom. The molecule has 94 valence electrons. The van der Waals surface area contributed by atoms with Gasteiger partial charge in [-0.25, -0.2) is 0 Å². The molecule has 0 radical (unpaired) electrons. The smallest absolute Gasteiger partial charge is 0.0603 e. The molecule has 2 aliphatic rings. The molecule has 2 atom stereocenters. The van der Waals surface area contributed by atoms with Gasteiger partial charge in [0.05, 0.1) is 6.10 Å². The third-order valence-corrected chi connectivity index (χ3v) is 5.25. The van der Waals surface area contributed by atoms with E-state index in [1.807, 2.05) is 0 Å². The molecule has 1 saturated heterocycles. The highest BCUT2D eigenvalue weighted by atomic mass is 79.9. The Kier molecular flexibility index (Phi) is 5.15. The van der Waals surface area contributed by atoms with E-state index in [4.69, 9.17) is 4.74 Å². The average Bonchev–Trinajstić information content (AvgIpc) is 2.32. The van der Waals surface area contributed by atoms with E-state index >= 15 is 0 Å². The third kappa shape index (κ3) is 3.46. The molecule has 0 amide bonds. The van der Waals surface area contributed by atoms with E-state index in [2.05, 4.69) is 22.9 Å². The molecular formula is C14H25BrO. The number of hydrogen-bond donors (Lipinski definition) is 0. The first-order valence-corrected chi connectivity index (χ1v) is 7.96. The highest BCUT2D eigenvalue weighted by molar-refractivity contribution is 9.09. The van der Waals surface area contributed by atoms with E-state index in [1.54, 1.807) is 0 Å². The quantitative estimate of drug-likeness (QED) is 0.693. The maximum Gasteiger partial charge on any atom is 0.0603 e. The second-order valence-corrected chi connectivity index (χ2v) is 6.91. The second kappa shape index (κ2) is 6.39. The summed E-state index contributed by atoms with van der Waals surface area (Å²) in [6, 6.07) is 0. The lowest BCUT2D eigenvalue weighted by atomic mass is 9.81. The highest BCUT2D eigenvalue weighted by Gasteiger charge is 2.30. The fraction of sp³-hybridized carbons (Fsp3) is 1.00. The molecule has 2 rings (SSSR count). The molecule has 2 fully saturated rings. The van der Waals surface area contributed by atoms with Crippen LogP contribution < -0.4 is 0 Å². The summed E-state index contributed by atoms with van der Waals surface area (Å²) in [5.41, 5.74) is 0. The normalized spacial score (nSPS) is 40.9. The molecule has 0 aromatic rings. The lowest BCUT2D eigenvalue weighted by molar-refractivity contribution is -0.0561. The molecule has 0 bridgehead atoms. The van der Waals surface area contributed by atoms with Crippen molar-refractivity contribution in [2.75, 3.05) is 6.61 Å². The summed E-state index contributed by atoms with van der Waals surface area (Å²) in [6.07, 6.45) is 11.4. The number of ether oxygens (including phenoxy) is 1. The Balaban J connectivity index is 1.72. The van der Waals surface area contributed by atoms with E-state index in [1.165, 1.54) is 51.4 Å². The minimum absolute atomic E-state index is 0.591. The molecule has 1 heterocycles. The number of rotatable bonds is 3. The topological polar surface area (TPSA) is 9.23 Å². The lowest BCUT2D eigenvalue weighted by Crippen LogP contribution is -2.34. The summed E-state index contributed by atoms with van der Waals surface area (Å²) < 4.78 is 6.10. The molecule has 1 saturated carbocycles. The summed E-state index contributed by atoms with van der Waals surface area (Å²) in [5.74, 6) is 1.71. The van der Waals surface area contributed by atoms with Crippen LogP contribution in [0.5, 0.6) is 0 Å². The number of halogens is 1. The van der Waals surface area contributed by atoms with Gasteiger partial charge in [0.1, 0.15) is 0 Å². The van der Waals surface area contributed by atoms with Crippen LogP contribution in [0.15, 0.2) is 0 Å².